The SMILES string of the molecule is C[C@H]1OCCN[C@@H]1C(=O)NCc1ccc2ccccc2c1. The average molecular weight is 284 g/mol. The molecule has 1 amide bonds. The minimum Gasteiger partial charge on any atom is -0.375 e. The van der Waals surface area contributed by atoms with E-state index in [4.69, 9.17) is 4.74 Å². The maximum absolute atomic E-state index is 12.2. The van der Waals surface area contributed by atoms with Crippen molar-refractivity contribution < 1.29 is 9.53 Å². The van der Waals surface area contributed by atoms with Crippen LogP contribution in [-0.2, 0) is 16.1 Å². The molecular formula is C17H20N2O2. The predicted octanol–water partition coefficient (Wildman–Crippen LogP) is 1.83. The number of carbonyl (C=O) groups excluding carboxylic acids is 1. The molecule has 1 fully saturated rings. The van der Waals surface area contributed by atoms with Crippen LogP contribution in [0.4, 0.5) is 0 Å². The standard InChI is InChI=1S/C17H20N2O2/c1-12-16(18-8-9-21-12)17(20)19-11-13-6-7-14-4-2-3-5-15(14)10-13/h2-7,10,12,16,18H,8-9,11H2,1H3,(H,19,20)/t12-,16+/m1/s1. The minimum absolute atomic E-state index is 0.00430. The molecule has 2 aromatic carbocycles. The maximum atomic E-state index is 12.2. The van der Waals surface area contributed by atoms with Gasteiger partial charge in [-0.15, -0.1) is 0 Å². The number of rotatable bonds is 3. The van der Waals surface area contributed by atoms with Crippen molar-refractivity contribution in [3.63, 3.8) is 0 Å². The third kappa shape index (κ3) is 3.23. The van der Waals surface area contributed by atoms with Crippen LogP contribution in [0.2, 0.25) is 0 Å². The van der Waals surface area contributed by atoms with Gasteiger partial charge in [-0.3, -0.25) is 4.79 Å². The number of nitrogens with one attached hydrogen (secondary N) is 2. The molecule has 4 nitrogen and oxygen atoms in total. The molecule has 0 unspecified atom stereocenters. The fraction of sp³-hybridized carbons (Fsp3) is 0.353. The van der Waals surface area contributed by atoms with Crippen LogP contribution in [0.1, 0.15) is 12.5 Å². The van der Waals surface area contributed by atoms with Crippen molar-refractivity contribution in [1.82, 2.24) is 10.6 Å². The molecule has 1 heterocycles. The molecule has 110 valence electrons. The van der Waals surface area contributed by atoms with Crippen LogP contribution in [0.25, 0.3) is 10.8 Å². The van der Waals surface area contributed by atoms with Gasteiger partial charge < -0.3 is 15.4 Å². The van der Waals surface area contributed by atoms with Crippen LogP contribution in [-0.4, -0.2) is 31.2 Å². The minimum atomic E-state index is -0.265. The van der Waals surface area contributed by atoms with Gasteiger partial charge in [0.05, 0.1) is 12.7 Å². The summed E-state index contributed by atoms with van der Waals surface area (Å²) in [5.74, 6) is -0.00430. The zero-order chi connectivity index (χ0) is 14.7. The molecule has 0 bridgehead atoms. The molecule has 2 atom stereocenters. The van der Waals surface area contributed by atoms with Gasteiger partial charge in [0.15, 0.2) is 0 Å². The van der Waals surface area contributed by atoms with Gasteiger partial charge in [-0.2, -0.15) is 0 Å². The van der Waals surface area contributed by atoms with Gasteiger partial charge in [-0.1, -0.05) is 36.4 Å². The van der Waals surface area contributed by atoms with Crippen molar-refractivity contribution in [2.75, 3.05) is 13.2 Å². The lowest BCUT2D eigenvalue weighted by Gasteiger charge is -2.29. The molecule has 1 aliphatic rings. The average Bonchev–Trinajstić information content (AvgIpc) is 2.53. The quantitative estimate of drug-likeness (QED) is 0.904. The molecule has 1 saturated heterocycles. The van der Waals surface area contributed by atoms with E-state index in [0.717, 1.165) is 12.1 Å². The molecule has 0 spiro atoms. The number of amides is 1. The Balaban J connectivity index is 1.64. The number of fused-ring (bicyclic) bond motifs is 1. The van der Waals surface area contributed by atoms with Gasteiger partial charge in [0.25, 0.3) is 0 Å². The second kappa shape index (κ2) is 6.24. The maximum Gasteiger partial charge on any atom is 0.240 e. The Labute approximate surface area is 124 Å². The Bertz CT molecular complexity index is 641. The molecule has 21 heavy (non-hydrogen) atoms. The highest BCUT2D eigenvalue weighted by atomic mass is 16.5. The van der Waals surface area contributed by atoms with Crippen LogP contribution < -0.4 is 10.6 Å². The van der Waals surface area contributed by atoms with Gasteiger partial charge in [0, 0.05) is 13.1 Å². The van der Waals surface area contributed by atoms with Crippen LogP contribution in [0.3, 0.4) is 0 Å². The smallest absolute Gasteiger partial charge is 0.240 e. The predicted molar refractivity (Wildman–Crippen MR) is 83.0 cm³/mol. The first kappa shape index (κ1) is 14.0. The highest BCUT2D eigenvalue weighted by Gasteiger charge is 2.27. The lowest BCUT2D eigenvalue weighted by atomic mass is 10.1. The fourth-order valence-electron chi connectivity index (χ4n) is 2.68. The molecular weight excluding hydrogens is 264 g/mol. The van der Waals surface area contributed by atoms with Crippen molar-refractivity contribution in [1.29, 1.82) is 0 Å². The van der Waals surface area contributed by atoms with E-state index in [0.29, 0.717) is 13.2 Å². The van der Waals surface area contributed by atoms with E-state index in [1.165, 1.54) is 10.8 Å². The van der Waals surface area contributed by atoms with E-state index in [9.17, 15) is 4.79 Å². The first-order valence-corrected chi connectivity index (χ1v) is 7.34. The number of ether oxygens (including phenoxy) is 1. The Morgan fingerprint density at radius 3 is 2.90 bits per heavy atom. The number of hydrogen-bond donors (Lipinski definition) is 2. The van der Waals surface area contributed by atoms with Gasteiger partial charge in [0.1, 0.15) is 6.04 Å². The van der Waals surface area contributed by atoms with Crippen molar-refractivity contribution in [2.45, 2.75) is 25.6 Å². The Hall–Kier alpha value is -1.91. The summed E-state index contributed by atoms with van der Waals surface area (Å²) in [6.07, 6.45) is -0.0876. The Kier molecular flexibility index (Phi) is 4.18. The topological polar surface area (TPSA) is 50.4 Å². The number of morpholine rings is 1. The van der Waals surface area contributed by atoms with Crippen LogP contribution >= 0.6 is 0 Å². The van der Waals surface area contributed by atoms with E-state index >= 15 is 0 Å². The lowest BCUT2D eigenvalue weighted by Crippen LogP contribution is -2.55. The monoisotopic (exact) mass is 284 g/mol. The molecule has 0 aromatic heterocycles. The molecule has 0 saturated carbocycles. The summed E-state index contributed by atoms with van der Waals surface area (Å²) in [6.45, 7) is 3.84. The largest absolute Gasteiger partial charge is 0.375 e. The van der Waals surface area contributed by atoms with E-state index in [1.54, 1.807) is 0 Å². The van der Waals surface area contributed by atoms with Gasteiger partial charge >= 0.3 is 0 Å². The molecule has 4 heteroatoms. The van der Waals surface area contributed by atoms with Crippen molar-refractivity contribution >= 4 is 16.7 Å². The fourth-order valence-corrected chi connectivity index (χ4v) is 2.68. The van der Waals surface area contributed by atoms with Gasteiger partial charge in [0.2, 0.25) is 5.91 Å². The Morgan fingerprint density at radius 1 is 1.29 bits per heavy atom. The van der Waals surface area contributed by atoms with E-state index < -0.39 is 0 Å². The van der Waals surface area contributed by atoms with Gasteiger partial charge in [-0.05, 0) is 29.3 Å². The lowest BCUT2D eigenvalue weighted by molar-refractivity contribution is -0.129. The Morgan fingerprint density at radius 2 is 2.10 bits per heavy atom. The van der Waals surface area contributed by atoms with Crippen LogP contribution in [0.5, 0.6) is 0 Å². The van der Waals surface area contributed by atoms with Crippen LogP contribution in [0, 0.1) is 0 Å². The highest BCUT2D eigenvalue weighted by Crippen LogP contribution is 2.15. The van der Waals surface area contributed by atoms with E-state index in [-0.39, 0.29) is 18.1 Å². The third-order valence-electron chi connectivity index (χ3n) is 3.88. The molecule has 2 N–H and O–H groups in total. The van der Waals surface area contributed by atoms with Gasteiger partial charge in [-0.25, -0.2) is 0 Å². The van der Waals surface area contributed by atoms with Crippen molar-refractivity contribution in [3.8, 4) is 0 Å². The molecule has 0 radical (unpaired) electrons. The van der Waals surface area contributed by atoms with Crippen molar-refractivity contribution in [3.05, 3.63) is 48.0 Å². The van der Waals surface area contributed by atoms with E-state index in [1.807, 2.05) is 19.1 Å². The third-order valence-corrected chi connectivity index (χ3v) is 3.88. The molecule has 3 rings (SSSR count). The normalized spacial score (nSPS) is 22.1. The summed E-state index contributed by atoms with van der Waals surface area (Å²) in [4.78, 5) is 12.2. The summed E-state index contributed by atoms with van der Waals surface area (Å²) in [6, 6.07) is 14.2. The summed E-state index contributed by atoms with van der Waals surface area (Å²) in [7, 11) is 0. The summed E-state index contributed by atoms with van der Waals surface area (Å²) >= 11 is 0. The summed E-state index contributed by atoms with van der Waals surface area (Å²) in [5.41, 5.74) is 1.10. The summed E-state index contributed by atoms with van der Waals surface area (Å²) < 4.78 is 5.50. The zero-order valence-corrected chi connectivity index (χ0v) is 12.1. The first-order valence-electron chi connectivity index (χ1n) is 7.34. The molecule has 0 aliphatic carbocycles. The summed E-state index contributed by atoms with van der Waals surface area (Å²) in [5, 5.41) is 8.58. The highest BCUT2D eigenvalue weighted by molar-refractivity contribution is 5.84. The molecule has 2 aromatic rings. The zero-order valence-electron chi connectivity index (χ0n) is 12.1. The second-order valence-electron chi connectivity index (χ2n) is 5.41. The number of carbonyl (C=O) groups is 1. The number of benzene rings is 2. The van der Waals surface area contributed by atoms with Crippen LogP contribution in [0.15, 0.2) is 42.5 Å². The van der Waals surface area contributed by atoms with E-state index in [2.05, 4.69) is 41.0 Å². The second-order valence-corrected chi connectivity index (χ2v) is 5.41. The molecule has 1 aliphatic heterocycles. The van der Waals surface area contributed by atoms with Crippen molar-refractivity contribution in [2.24, 2.45) is 0 Å². The first-order chi connectivity index (χ1) is 10.2. The number of hydrogen-bond acceptors (Lipinski definition) is 3.